The molecule has 0 saturated carbocycles. The van der Waals surface area contributed by atoms with Crippen molar-refractivity contribution in [2.75, 3.05) is 0 Å². The van der Waals surface area contributed by atoms with E-state index in [1.807, 2.05) is 36.4 Å². The van der Waals surface area contributed by atoms with Crippen LogP contribution in [0.25, 0.3) is 18.2 Å². The Balaban J connectivity index is 2.46. The van der Waals surface area contributed by atoms with Crippen LogP contribution in [0.2, 0.25) is 0 Å². The number of nitrogens with zero attached hydrogens (tertiary/aromatic N) is 1. The van der Waals surface area contributed by atoms with Gasteiger partial charge in [-0.25, -0.2) is 0 Å². The zero-order chi connectivity index (χ0) is 10.1. The minimum atomic E-state index is 0.816. The van der Waals surface area contributed by atoms with Crippen LogP contribution in [0.3, 0.4) is 0 Å². The average Bonchev–Trinajstić information content (AvgIpc) is 2.54. The lowest BCUT2D eigenvalue weighted by Gasteiger charge is -2.05. The molecule has 72 valence electrons. The Hall–Kier alpha value is -2.09. The summed E-state index contributed by atoms with van der Waals surface area (Å²) in [5, 5.41) is 6.04. The molecule has 3 rings (SSSR count). The number of benzene rings is 1. The highest BCUT2D eigenvalue weighted by Crippen LogP contribution is 2.07. The van der Waals surface area contributed by atoms with Gasteiger partial charge >= 0.3 is 0 Å². The molecule has 0 unspecified atom stereocenters. The van der Waals surface area contributed by atoms with Crippen molar-refractivity contribution < 1.29 is 4.84 Å². The predicted molar refractivity (Wildman–Crippen MR) is 61.9 cm³/mol. The van der Waals surface area contributed by atoms with Gasteiger partial charge < -0.3 is 4.84 Å². The first-order valence-electron chi connectivity index (χ1n) is 4.84. The topological polar surface area (TPSA) is 21.6 Å². The number of allylic oxidation sites excluding steroid dienone is 3. The van der Waals surface area contributed by atoms with Gasteiger partial charge in [-0.3, -0.25) is 0 Å². The number of hydrogen-bond acceptors (Lipinski definition) is 2. The summed E-state index contributed by atoms with van der Waals surface area (Å²) < 4.78 is 0. The molecule has 0 aromatic heterocycles. The molecule has 0 fully saturated rings. The maximum atomic E-state index is 5.20. The molecule has 2 heteroatoms. The SMILES string of the molecule is C1=CC=c2c(ccc3c2=CC=NO3)C=C1. The van der Waals surface area contributed by atoms with E-state index in [0.717, 1.165) is 11.0 Å². The molecule has 0 bridgehead atoms. The minimum absolute atomic E-state index is 0.816. The predicted octanol–water partition coefficient (Wildman–Crippen LogP) is 1.21. The Morgan fingerprint density at radius 2 is 1.93 bits per heavy atom. The highest BCUT2D eigenvalue weighted by molar-refractivity contribution is 5.92. The van der Waals surface area contributed by atoms with E-state index in [4.69, 9.17) is 4.84 Å². The highest BCUT2D eigenvalue weighted by atomic mass is 16.6. The van der Waals surface area contributed by atoms with Gasteiger partial charge in [-0.2, -0.15) is 0 Å². The maximum absolute atomic E-state index is 5.20. The van der Waals surface area contributed by atoms with Crippen molar-refractivity contribution >= 4 is 24.4 Å². The molecule has 0 amide bonds. The standard InChI is InChI=1S/C13H9NO/c1-2-4-10-6-7-13-12(8-9-14-15-13)11(10)5-3-1/h1-9H. The minimum Gasteiger partial charge on any atom is -0.356 e. The first-order chi connectivity index (χ1) is 7.45. The molecule has 0 atom stereocenters. The normalized spacial score (nSPS) is 15.5. The first-order valence-corrected chi connectivity index (χ1v) is 4.84. The van der Waals surface area contributed by atoms with E-state index in [1.54, 1.807) is 6.21 Å². The second-order valence-corrected chi connectivity index (χ2v) is 3.40. The summed E-state index contributed by atoms with van der Waals surface area (Å²) in [5.41, 5.74) is 1.20. The number of rotatable bonds is 0. The molecule has 0 saturated heterocycles. The van der Waals surface area contributed by atoms with Gasteiger partial charge in [0, 0.05) is 5.22 Å². The van der Waals surface area contributed by atoms with E-state index in [1.165, 1.54) is 10.8 Å². The second-order valence-electron chi connectivity index (χ2n) is 3.40. The van der Waals surface area contributed by atoms with E-state index in [2.05, 4.69) is 17.3 Å². The van der Waals surface area contributed by atoms with E-state index in [0.29, 0.717) is 0 Å². The Kier molecular flexibility index (Phi) is 1.78. The van der Waals surface area contributed by atoms with Gasteiger partial charge in [0.05, 0.1) is 6.21 Å². The summed E-state index contributed by atoms with van der Waals surface area (Å²) in [6, 6.07) is 3.99. The molecular weight excluding hydrogens is 186 g/mol. The maximum Gasteiger partial charge on any atom is 0.165 e. The van der Waals surface area contributed by atoms with Crippen molar-refractivity contribution in [2.24, 2.45) is 5.16 Å². The third-order valence-corrected chi connectivity index (χ3v) is 2.49. The summed E-state index contributed by atoms with van der Waals surface area (Å²) in [5.74, 6) is 0.816. The van der Waals surface area contributed by atoms with Crippen LogP contribution in [0.5, 0.6) is 5.75 Å². The Bertz CT molecular complexity index is 606. The lowest BCUT2D eigenvalue weighted by atomic mass is 10.1. The largest absolute Gasteiger partial charge is 0.356 e. The van der Waals surface area contributed by atoms with Crippen LogP contribution in [0, 0.1) is 0 Å². The fourth-order valence-electron chi connectivity index (χ4n) is 1.78. The van der Waals surface area contributed by atoms with Crippen LogP contribution in [-0.2, 0) is 0 Å². The lowest BCUT2D eigenvalue weighted by molar-refractivity contribution is 0.339. The molecule has 1 aromatic rings. The number of hydrogen-bond donors (Lipinski definition) is 0. The van der Waals surface area contributed by atoms with E-state index >= 15 is 0 Å². The third-order valence-electron chi connectivity index (χ3n) is 2.49. The second kappa shape index (κ2) is 3.24. The van der Waals surface area contributed by atoms with Crippen LogP contribution < -0.4 is 15.3 Å². The zero-order valence-corrected chi connectivity index (χ0v) is 8.05. The van der Waals surface area contributed by atoms with Gasteiger partial charge in [-0.05, 0) is 22.9 Å². The average molecular weight is 195 g/mol. The van der Waals surface area contributed by atoms with E-state index in [9.17, 15) is 0 Å². The lowest BCUT2D eigenvalue weighted by Crippen LogP contribution is -2.30. The Labute approximate surface area is 87.2 Å². The van der Waals surface area contributed by atoms with Crippen molar-refractivity contribution in [3.05, 3.63) is 46.4 Å². The summed E-state index contributed by atoms with van der Waals surface area (Å²) >= 11 is 0. The molecule has 0 spiro atoms. The quantitative estimate of drug-likeness (QED) is 0.609. The van der Waals surface area contributed by atoms with Gasteiger partial charge in [0.15, 0.2) is 5.75 Å². The number of fused-ring (bicyclic) bond motifs is 3. The fraction of sp³-hybridized carbons (Fsp3) is 0. The summed E-state index contributed by atoms with van der Waals surface area (Å²) in [4.78, 5) is 5.20. The molecule has 2 aliphatic rings. The smallest absolute Gasteiger partial charge is 0.165 e. The summed E-state index contributed by atoms with van der Waals surface area (Å²) in [7, 11) is 0. The van der Waals surface area contributed by atoms with Crippen LogP contribution in [-0.4, -0.2) is 6.21 Å². The number of oxime groups is 1. The van der Waals surface area contributed by atoms with Crippen LogP contribution in [0.4, 0.5) is 0 Å². The van der Waals surface area contributed by atoms with Crippen molar-refractivity contribution in [2.45, 2.75) is 0 Å². The summed E-state index contributed by atoms with van der Waals surface area (Å²) in [6.07, 6.45) is 13.9. The van der Waals surface area contributed by atoms with Crippen molar-refractivity contribution in [3.8, 4) is 5.75 Å². The third kappa shape index (κ3) is 1.31. The summed E-state index contributed by atoms with van der Waals surface area (Å²) in [6.45, 7) is 0. The monoisotopic (exact) mass is 195 g/mol. The molecule has 1 aliphatic carbocycles. The zero-order valence-electron chi connectivity index (χ0n) is 8.05. The van der Waals surface area contributed by atoms with Crippen LogP contribution in [0.1, 0.15) is 5.56 Å². The molecule has 15 heavy (non-hydrogen) atoms. The van der Waals surface area contributed by atoms with Crippen molar-refractivity contribution in [3.63, 3.8) is 0 Å². The molecule has 0 N–H and O–H groups in total. The van der Waals surface area contributed by atoms with Crippen molar-refractivity contribution in [1.82, 2.24) is 0 Å². The van der Waals surface area contributed by atoms with E-state index in [-0.39, 0.29) is 0 Å². The van der Waals surface area contributed by atoms with Crippen LogP contribution in [0.15, 0.2) is 35.5 Å². The van der Waals surface area contributed by atoms with Crippen molar-refractivity contribution in [1.29, 1.82) is 0 Å². The Morgan fingerprint density at radius 3 is 2.93 bits per heavy atom. The molecular formula is C13H9NO. The van der Waals surface area contributed by atoms with Gasteiger partial charge in [-0.15, -0.1) is 0 Å². The molecule has 1 aromatic carbocycles. The van der Waals surface area contributed by atoms with Crippen LogP contribution >= 0.6 is 0 Å². The van der Waals surface area contributed by atoms with Gasteiger partial charge in [0.1, 0.15) is 0 Å². The van der Waals surface area contributed by atoms with Gasteiger partial charge in [0.25, 0.3) is 0 Å². The molecule has 1 aliphatic heterocycles. The molecule has 0 radical (unpaired) electrons. The van der Waals surface area contributed by atoms with E-state index < -0.39 is 0 Å². The van der Waals surface area contributed by atoms with Gasteiger partial charge in [0.2, 0.25) is 0 Å². The Morgan fingerprint density at radius 1 is 0.933 bits per heavy atom. The fourth-order valence-corrected chi connectivity index (χ4v) is 1.78. The molecule has 2 nitrogen and oxygen atoms in total. The first kappa shape index (κ1) is 8.24. The molecule has 1 heterocycles. The van der Waals surface area contributed by atoms with Gasteiger partial charge in [-0.1, -0.05) is 41.6 Å². The highest BCUT2D eigenvalue weighted by Gasteiger charge is 2.04.